The van der Waals surface area contributed by atoms with Crippen LogP contribution in [0, 0.1) is 5.92 Å². The number of pyridine rings is 1. The Morgan fingerprint density at radius 1 is 1.29 bits per heavy atom. The summed E-state index contributed by atoms with van der Waals surface area (Å²) in [7, 11) is 0. The fourth-order valence-corrected chi connectivity index (χ4v) is 2.96. The van der Waals surface area contributed by atoms with E-state index in [1.807, 2.05) is 6.07 Å². The highest BCUT2D eigenvalue weighted by molar-refractivity contribution is 5.95. The van der Waals surface area contributed by atoms with Crippen molar-refractivity contribution in [2.24, 2.45) is 5.92 Å². The molecule has 1 fully saturated rings. The second-order valence-electron chi connectivity index (χ2n) is 6.56. The van der Waals surface area contributed by atoms with Gasteiger partial charge >= 0.3 is 0 Å². The topological polar surface area (TPSA) is 68.0 Å². The number of nitrogens with zero attached hydrogens (tertiary/aromatic N) is 1. The molecule has 1 amide bonds. The molecule has 1 aliphatic carbocycles. The largest absolute Gasteiger partial charge is 0.384 e. The Labute approximate surface area is 127 Å². The summed E-state index contributed by atoms with van der Waals surface area (Å²) < 4.78 is 0. The number of hydrogen-bond acceptors (Lipinski definition) is 3. The lowest BCUT2D eigenvalue weighted by Gasteiger charge is -2.23. The van der Waals surface area contributed by atoms with Gasteiger partial charge in [0.2, 0.25) is 0 Å². The Balaban J connectivity index is 2.12. The summed E-state index contributed by atoms with van der Waals surface area (Å²) in [6.45, 7) is 6.34. The van der Waals surface area contributed by atoms with Crippen LogP contribution in [0.3, 0.4) is 0 Å². The first-order valence-corrected chi connectivity index (χ1v) is 8.05. The lowest BCUT2D eigenvalue weighted by Crippen LogP contribution is -2.39. The van der Waals surface area contributed by atoms with Gasteiger partial charge in [-0.25, -0.2) is 4.98 Å². The second-order valence-corrected chi connectivity index (χ2v) is 6.56. The first kappa shape index (κ1) is 15.8. The van der Waals surface area contributed by atoms with Crippen LogP contribution in [0.4, 0.5) is 5.82 Å². The lowest BCUT2D eigenvalue weighted by atomic mass is 9.96. The molecule has 4 nitrogen and oxygen atoms in total. The molecule has 1 saturated carbocycles. The first-order chi connectivity index (χ1) is 9.97. The van der Waals surface area contributed by atoms with Crippen molar-refractivity contribution in [3.8, 4) is 0 Å². The van der Waals surface area contributed by atoms with Crippen LogP contribution >= 0.6 is 0 Å². The zero-order valence-electron chi connectivity index (χ0n) is 13.4. The summed E-state index contributed by atoms with van der Waals surface area (Å²) >= 11 is 0. The SMILES string of the molecule is CC(C)c1cc(C(=O)NC2CCCCCC2C)cc(N)n1. The first-order valence-electron chi connectivity index (χ1n) is 8.05. The number of anilines is 1. The average molecular weight is 289 g/mol. The molecule has 3 N–H and O–H groups in total. The summed E-state index contributed by atoms with van der Waals surface area (Å²) in [4.78, 5) is 16.8. The van der Waals surface area contributed by atoms with Crippen molar-refractivity contribution < 1.29 is 4.79 Å². The number of hydrogen-bond donors (Lipinski definition) is 2. The Bertz CT molecular complexity index is 499. The van der Waals surface area contributed by atoms with Crippen LogP contribution in [-0.2, 0) is 0 Å². The number of amides is 1. The van der Waals surface area contributed by atoms with E-state index < -0.39 is 0 Å². The van der Waals surface area contributed by atoms with Crippen molar-refractivity contribution in [1.29, 1.82) is 0 Å². The molecular formula is C17H27N3O. The van der Waals surface area contributed by atoms with Gasteiger partial charge < -0.3 is 11.1 Å². The molecule has 1 aromatic rings. The van der Waals surface area contributed by atoms with Gasteiger partial charge in [-0.2, -0.15) is 0 Å². The number of nitrogens with two attached hydrogens (primary N) is 1. The van der Waals surface area contributed by atoms with Crippen molar-refractivity contribution in [2.45, 2.75) is 64.8 Å². The van der Waals surface area contributed by atoms with E-state index in [2.05, 4.69) is 31.1 Å². The van der Waals surface area contributed by atoms with Gasteiger partial charge in [0.15, 0.2) is 0 Å². The highest BCUT2D eigenvalue weighted by Gasteiger charge is 2.22. The lowest BCUT2D eigenvalue weighted by molar-refractivity contribution is 0.0921. The predicted octanol–water partition coefficient (Wildman–Crippen LogP) is 3.49. The smallest absolute Gasteiger partial charge is 0.251 e. The molecular weight excluding hydrogens is 262 g/mol. The standard InChI is InChI=1S/C17H27N3O/c1-11(2)15-9-13(10-16(18)19-15)17(21)20-14-8-6-4-5-7-12(14)3/h9-12,14H,4-8H2,1-3H3,(H2,18,19)(H,20,21). The van der Waals surface area contributed by atoms with E-state index in [-0.39, 0.29) is 17.9 Å². The minimum absolute atomic E-state index is 0.0234. The predicted molar refractivity (Wildman–Crippen MR) is 86.2 cm³/mol. The molecule has 116 valence electrons. The van der Waals surface area contributed by atoms with Crippen LogP contribution in [0.5, 0.6) is 0 Å². The molecule has 2 rings (SSSR count). The van der Waals surface area contributed by atoms with Gasteiger partial charge in [-0.3, -0.25) is 4.79 Å². The number of aromatic nitrogens is 1. The monoisotopic (exact) mass is 289 g/mol. The summed E-state index contributed by atoms with van der Waals surface area (Å²) in [5.74, 6) is 1.20. The van der Waals surface area contributed by atoms with E-state index in [1.165, 1.54) is 25.7 Å². The Kier molecular flexibility index (Phi) is 5.21. The summed E-state index contributed by atoms with van der Waals surface area (Å²) in [6.07, 6.45) is 6.01. The molecule has 0 aliphatic heterocycles. The van der Waals surface area contributed by atoms with Crippen LogP contribution in [0.25, 0.3) is 0 Å². The minimum atomic E-state index is -0.0234. The van der Waals surface area contributed by atoms with Gasteiger partial charge in [-0.15, -0.1) is 0 Å². The third-order valence-corrected chi connectivity index (χ3v) is 4.40. The fraction of sp³-hybridized carbons (Fsp3) is 0.647. The molecule has 0 radical (unpaired) electrons. The summed E-state index contributed by atoms with van der Waals surface area (Å²) in [5.41, 5.74) is 7.33. The van der Waals surface area contributed by atoms with Crippen molar-refractivity contribution in [3.63, 3.8) is 0 Å². The molecule has 21 heavy (non-hydrogen) atoms. The third kappa shape index (κ3) is 4.19. The molecule has 1 aromatic heterocycles. The molecule has 0 saturated heterocycles. The van der Waals surface area contributed by atoms with Crippen LogP contribution < -0.4 is 11.1 Å². The van der Waals surface area contributed by atoms with Crippen LogP contribution in [0.2, 0.25) is 0 Å². The van der Waals surface area contributed by atoms with E-state index in [4.69, 9.17) is 5.73 Å². The number of nitrogen functional groups attached to an aromatic ring is 1. The number of rotatable bonds is 3. The van der Waals surface area contributed by atoms with Crippen molar-refractivity contribution in [3.05, 3.63) is 23.4 Å². The maximum atomic E-state index is 12.5. The summed E-state index contributed by atoms with van der Waals surface area (Å²) in [6, 6.07) is 3.80. The molecule has 0 spiro atoms. The molecule has 1 aliphatic rings. The van der Waals surface area contributed by atoms with Gasteiger partial charge in [-0.05, 0) is 36.8 Å². The molecule has 1 heterocycles. The van der Waals surface area contributed by atoms with Crippen LogP contribution in [0.1, 0.15) is 74.8 Å². The van der Waals surface area contributed by atoms with Gasteiger partial charge in [0, 0.05) is 17.3 Å². The van der Waals surface area contributed by atoms with E-state index in [0.29, 0.717) is 17.3 Å². The van der Waals surface area contributed by atoms with Crippen LogP contribution in [0.15, 0.2) is 12.1 Å². The normalized spacial score (nSPS) is 22.9. The van der Waals surface area contributed by atoms with Gasteiger partial charge in [0.25, 0.3) is 5.91 Å². The fourth-order valence-electron chi connectivity index (χ4n) is 2.96. The van der Waals surface area contributed by atoms with Crippen molar-refractivity contribution >= 4 is 11.7 Å². The highest BCUT2D eigenvalue weighted by atomic mass is 16.1. The number of carbonyl (C=O) groups is 1. The Morgan fingerprint density at radius 3 is 2.71 bits per heavy atom. The Hall–Kier alpha value is -1.58. The number of nitrogens with one attached hydrogen (secondary N) is 1. The quantitative estimate of drug-likeness (QED) is 0.837. The highest BCUT2D eigenvalue weighted by Crippen LogP contribution is 2.23. The molecule has 2 unspecified atom stereocenters. The molecule has 4 heteroatoms. The Morgan fingerprint density at radius 2 is 2.00 bits per heavy atom. The van der Waals surface area contributed by atoms with Gasteiger partial charge in [-0.1, -0.05) is 40.0 Å². The van der Waals surface area contributed by atoms with E-state index in [9.17, 15) is 4.79 Å². The van der Waals surface area contributed by atoms with Crippen molar-refractivity contribution in [1.82, 2.24) is 10.3 Å². The zero-order valence-corrected chi connectivity index (χ0v) is 13.4. The van der Waals surface area contributed by atoms with Gasteiger partial charge in [0.1, 0.15) is 5.82 Å². The van der Waals surface area contributed by atoms with Crippen molar-refractivity contribution in [2.75, 3.05) is 5.73 Å². The van der Waals surface area contributed by atoms with E-state index in [0.717, 1.165) is 12.1 Å². The summed E-state index contributed by atoms with van der Waals surface area (Å²) in [5, 5.41) is 3.20. The van der Waals surface area contributed by atoms with E-state index >= 15 is 0 Å². The third-order valence-electron chi connectivity index (χ3n) is 4.40. The second kappa shape index (κ2) is 6.92. The minimum Gasteiger partial charge on any atom is -0.384 e. The molecule has 0 bridgehead atoms. The zero-order chi connectivity index (χ0) is 15.4. The van der Waals surface area contributed by atoms with Gasteiger partial charge in [0.05, 0.1) is 0 Å². The molecule has 0 aromatic carbocycles. The maximum Gasteiger partial charge on any atom is 0.251 e. The molecule has 2 atom stereocenters. The van der Waals surface area contributed by atoms with E-state index in [1.54, 1.807) is 6.07 Å². The van der Waals surface area contributed by atoms with Crippen LogP contribution in [-0.4, -0.2) is 16.9 Å². The average Bonchev–Trinajstić information content (AvgIpc) is 2.63. The maximum absolute atomic E-state index is 12.5. The number of carbonyl (C=O) groups excluding carboxylic acids is 1.